The number of piperazine rings is 1. The molecule has 19 heavy (non-hydrogen) atoms. The largest absolute Gasteiger partial charge is 0.340 e. The third-order valence-electron chi connectivity index (χ3n) is 3.81. The summed E-state index contributed by atoms with van der Waals surface area (Å²) in [7, 11) is 0. The Labute approximate surface area is 117 Å². The van der Waals surface area contributed by atoms with Gasteiger partial charge in [-0.25, -0.2) is 0 Å². The summed E-state index contributed by atoms with van der Waals surface area (Å²) in [6.45, 7) is 7.89. The van der Waals surface area contributed by atoms with Gasteiger partial charge in [0.25, 0.3) is 0 Å². The van der Waals surface area contributed by atoms with Crippen molar-refractivity contribution in [2.75, 3.05) is 6.54 Å². The number of carbonyl (C=O) groups is 2. The Morgan fingerprint density at radius 2 is 2.16 bits per heavy atom. The molecule has 104 valence electrons. The Morgan fingerprint density at radius 3 is 2.68 bits per heavy atom. The van der Waals surface area contributed by atoms with Crippen molar-refractivity contribution in [1.29, 1.82) is 0 Å². The van der Waals surface area contributed by atoms with Crippen LogP contribution in [0.2, 0.25) is 0 Å². The number of hydrogen-bond donors (Lipinski definition) is 1. The predicted molar refractivity (Wildman–Crippen MR) is 76.0 cm³/mol. The smallest absolute Gasteiger partial charge is 0.249 e. The average molecular weight is 280 g/mol. The normalized spacial score (nSPS) is 25.4. The molecule has 0 radical (unpaired) electrons. The molecule has 0 aliphatic carbocycles. The molecule has 5 heteroatoms. The van der Waals surface area contributed by atoms with Crippen molar-refractivity contribution >= 4 is 23.2 Å². The Hall–Kier alpha value is -1.36. The molecule has 2 unspecified atom stereocenters. The van der Waals surface area contributed by atoms with Crippen molar-refractivity contribution in [2.45, 2.75) is 45.7 Å². The van der Waals surface area contributed by atoms with Crippen LogP contribution >= 0.6 is 11.3 Å². The fourth-order valence-corrected chi connectivity index (χ4v) is 3.27. The molecular formula is C14H20N2O2S. The summed E-state index contributed by atoms with van der Waals surface area (Å²) in [5.41, 5.74) is -0.768. The Balaban J connectivity index is 2.28. The van der Waals surface area contributed by atoms with Gasteiger partial charge in [0.05, 0.1) is 6.04 Å². The Morgan fingerprint density at radius 1 is 1.47 bits per heavy atom. The molecule has 2 amide bonds. The van der Waals surface area contributed by atoms with E-state index in [-0.39, 0.29) is 24.4 Å². The van der Waals surface area contributed by atoms with Gasteiger partial charge in [-0.3, -0.25) is 9.59 Å². The maximum absolute atomic E-state index is 12.6. The molecule has 0 spiro atoms. The minimum Gasteiger partial charge on any atom is -0.340 e. The molecule has 0 aromatic carbocycles. The molecule has 1 saturated heterocycles. The van der Waals surface area contributed by atoms with Gasteiger partial charge < -0.3 is 10.2 Å². The van der Waals surface area contributed by atoms with Crippen LogP contribution in [0.15, 0.2) is 12.1 Å². The topological polar surface area (TPSA) is 49.4 Å². The van der Waals surface area contributed by atoms with E-state index >= 15 is 0 Å². The average Bonchev–Trinajstić information content (AvgIpc) is 2.79. The van der Waals surface area contributed by atoms with E-state index in [2.05, 4.69) is 5.32 Å². The number of nitrogens with zero attached hydrogens (tertiary/aromatic N) is 1. The van der Waals surface area contributed by atoms with Crippen molar-refractivity contribution < 1.29 is 9.59 Å². The van der Waals surface area contributed by atoms with Gasteiger partial charge in [0.2, 0.25) is 11.8 Å². The van der Waals surface area contributed by atoms with Gasteiger partial charge in [-0.2, -0.15) is 0 Å². The molecule has 1 fully saturated rings. The van der Waals surface area contributed by atoms with E-state index in [9.17, 15) is 9.59 Å². The monoisotopic (exact) mass is 280 g/mol. The van der Waals surface area contributed by atoms with Crippen LogP contribution < -0.4 is 5.32 Å². The first-order valence-electron chi connectivity index (χ1n) is 6.56. The summed E-state index contributed by atoms with van der Waals surface area (Å²) in [4.78, 5) is 28.4. The summed E-state index contributed by atoms with van der Waals surface area (Å²) in [5.74, 6) is -0.0720. The van der Waals surface area contributed by atoms with E-state index in [1.807, 2.05) is 32.9 Å². The molecule has 0 saturated carbocycles. The van der Waals surface area contributed by atoms with Gasteiger partial charge in [-0.15, -0.1) is 11.3 Å². The highest BCUT2D eigenvalue weighted by Gasteiger charge is 2.43. The molecule has 2 heterocycles. The van der Waals surface area contributed by atoms with Crippen LogP contribution in [-0.2, 0) is 9.59 Å². The lowest BCUT2D eigenvalue weighted by Gasteiger charge is -2.41. The minimum absolute atomic E-state index is 0.00755. The summed E-state index contributed by atoms with van der Waals surface area (Å²) < 4.78 is 0. The lowest BCUT2D eigenvalue weighted by molar-refractivity contribution is -0.151. The highest BCUT2D eigenvalue weighted by Crippen LogP contribution is 2.30. The third-order valence-corrected chi connectivity index (χ3v) is 4.98. The zero-order valence-corrected chi connectivity index (χ0v) is 12.6. The quantitative estimate of drug-likeness (QED) is 0.923. The van der Waals surface area contributed by atoms with Crippen molar-refractivity contribution in [3.63, 3.8) is 0 Å². The van der Waals surface area contributed by atoms with E-state index in [0.717, 1.165) is 4.88 Å². The Bertz CT molecular complexity index is 511. The summed E-state index contributed by atoms with van der Waals surface area (Å²) in [5, 5.41) is 2.81. The number of carbonyl (C=O) groups excluding carboxylic acids is 2. The second-order valence-corrected chi connectivity index (χ2v) is 6.61. The number of rotatable bonds is 3. The SMILES string of the molecule is CCC1(C)NC(=O)CN(C(C)c2ccc(C)s2)C1=O. The van der Waals surface area contributed by atoms with Crippen LogP contribution in [0.25, 0.3) is 0 Å². The molecular weight excluding hydrogens is 260 g/mol. The molecule has 1 aromatic rings. The van der Waals surface area contributed by atoms with Gasteiger partial charge in [0.15, 0.2) is 0 Å². The molecule has 2 rings (SSSR count). The van der Waals surface area contributed by atoms with Crippen molar-refractivity contribution in [2.24, 2.45) is 0 Å². The highest BCUT2D eigenvalue weighted by atomic mass is 32.1. The molecule has 1 aliphatic heterocycles. The zero-order valence-electron chi connectivity index (χ0n) is 11.8. The molecule has 1 aromatic heterocycles. The number of amides is 2. The first kappa shape index (κ1) is 14.1. The second-order valence-electron chi connectivity index (χ2n) is 5.29. The summed E-state index contributed by atoms with van der Waals surface area (Å²) >= 11 is 1.67. The van der Waals surface area contributed by atoms with Crippen LogP contribution in [0.5, 0.6) is 0 Å². The molecule has 1 N–H and O–H groups in total. The van der Waals surface area contributed by atoms with Crippen molar-refractivity contribution in [3.8, 4) is 0 Å². The second kappa shape index (κ2) is 4.96. The van der Waals surface area contributed by atoms with Crippen LogP contribution in [0.1, 0.15) is 43.0 Å². The van der Waals surface area contributed by atoms with Gasteiger partial charge >= 0.3 is 0 Å². The first-order chi connectivity index (χ1) is 8.87. The summed E-state index contributed by atoms with van der Waals surface area (Å²) in [6, 6.07) is 4.03. The van der Waals surface area contributed by atoms with E-state index in [1.54, 1.807) is 23.2 Å². The van der Waals surface area contributed by atoms with Crippen molar-refractivity contribution in [1.82, 2.24) is 10.2 Å². The van der Waals surface area contributed by atoms with E-state index < -0.39 is 5.54 Å². The molecule has 4 nitrogen and oxygen atoms in total. The maximum Gasteiger partial charge on any atom is 0.249 e. The van der Waals surface area contributed by atoms with Crippen molar-refractivity contribution in [3.05, 3.63) is 21.9 Å². The van der Waals surface area contributed by atoms with Crippen LogP contribution in [0, 0.1) is 6.92 Å². The number of hydrogen-bond acceptors (Lipinski definition) is 3. The Kier molecular flexibility index (Phi) is 3.67. The van der Waals surface area contributed by atoms with E-state index in [0.29, 0.717) is 6.42 Å². The fourth-order valence-electron chi connectivity index (χ4n) is 2.33. The van der Waals surface area contributed by atoms with E-state index in [1.165, 1.54) is 4.88 Å². The number of aryl methyl sites for hydroxylation is 1. The van der Waals surface area contributed by atoms with Gasteiger partial charge in [-0.05, 0) is 39.3 Å². The lowest BCUT2D eigenvalue weighted by atomic mass is 9.93. The summed E-state index contributed by atoms with van der Waals surface area (Å²) in [6.07, 6.45) is 0.601. The molecule has 2 atom stereocenters. The van der Waals surface area contributed by atoms with Gasteiger partial charge in [-0.1, -0.05) is 6.92 Å². The lowest BCUT2D eigenvalue weighted by Crippen LogP contribution is -2.65. The zero-order chi connectivity index (χ0) is 14.2. The predicted octanol–water partition coefficient (Wildman–Crippen LogP) is 2.24. The van der Waals surface area contributed by atoms with Crippen LogP contribution in [0.4, 0.5) is 0 Å². The third kappa shape index (κ3) is 2.52. The maximum atomic E-state index is 12.6. The van der Waals surface area contributed by atoms with Crippen LogP contribution in [-0.4, -0.2) is 28.8 Å². The number of thiophene rings is 1. The number of nitrogens with one attached hydrogen (secondary N) is 1. The van der Waals surface area contributed by atoms with E-state index in [4.69, 9.17) is 0 Å². The minimum atomic E-state index is -0.768. The highest BCUT2D eigenvalue weighted by molar-refractivity contribution is 7.12. The van der Waals surface area contributed by atoms with Gasteiger partial charge in [0, 0.05) is 9.75 Å². The van der Waals surface area contributed by atoms with Crippen LogP contribution in [0.3, 0.4) is 0 Å². The molecule has 1 aliphatic rings. The standard InChI is InChI=1S/C14H20N2O2S/c1-5-14(4)13(18)16(8-12(17)15-14)10(3)11-7-6-9(2)19-11/h6-7,10H,5,8H2,1-4H3,(H,15,17). The first-order valence-corrected chi connectivity index (χ1v) is 7.37. The molecule has 0 bridgehead atoms. The fraction of sp³-hybridized carbons (Fsp3) is 0.571. The van der Waals surface area contributed by atoms with Gasteiger partial charge in [0.1, 0.15) is 12.1 Å².